The zero-order valence-corrected chi connectivity index (χ0v) is 16.3. The van der Waals surface area contributed by atoms with Crippen molar-refractivity contribution in [2.45, 2.75) is 18.2 Å². The normalized spacial score (nSPS) is 15.9. The lowest BCUT2D eigenvalue weighted by atomic mass is 10.1. The van der Waals surface area contributed by atoms with Crippen LogP contribution in [0.5, 0.6) is 5.75 Å². The number of ketones is 1. The SMILES string of the molecule is CC(=O)c1ccc(N2CCN(S(=O)(=O)c3cccc(OC(F)(F)F)c3)CC2)cc1. The fourth-order valence-electron chi connectivity index (χ4n) is 3.07. The van der Waals surface area contributed by atoms with Gasteiger partial charge in [0.25, 0.3) is 0 Å². The fraction of sp³-hybridized carbons (Fsp3) is 0.316. The van der Waals surface area contributed by atoms with Crippen LogP contribution in [0.15, 0.2) is 53.4 Å². The lowest BCUT2D eigenvalue weighted by Gasteiger charge is -2.35. The van der Waals surface area contributed by atoms with Crippen molar-refractivity contribution in [3.05, 3.63) is 54.1 Å². The van der Waals surface area contributed by atoms with Crippen LogP contribution in [0.3, 0.4) is 0 Å². The Kier molecular flexibility index (Phi) is 5.85. The van der Waals surface area contributed by atoms with Crippen molar-refractivity contribution in [3.63, 3.8) is 0 Å². The summed E-state index contributed by atoms with van der Waals surface area (Å²) < 4.78 is 67.8. The van der Waals surface area contributed by atoms with Gasteiger partial charge in [0.05, 0.1) is 4.90 Å². The molecule has 1 heterocycles. The van der Waals surface area contributed by atoms with Crippen molar-refractivity contribution in [3.8, 4) is 5.75 Å². The number of halogens is 3. The molecule has 2 aromatic rings. The van der Waals surface area contributed by atoms with Crippen LogP contribution in [-0.4, -0.2) is 51.0 Å². The van der Waals surface area contributed by atoms with E-state index < -0.39 is 22.1 Å². The predicted octanol–water partition coefficient (Wildman–Crippen LogP) is 3.30. The van der Waals surface area contributed by atoms with Gasteiger partial charge in [0.1, 0.15) is 5.75 Å². The van der Waals surface area contributed by atoms with E-state index in [1.54, 1.807) is 24.3 Å². The van der Waals surface area contributed by atoms with Gasteiger partial charge in [-0.05, 0) is 43.3 Å². The first-order valence-corrected chi connectivity index (χ1v) is 10.2. The van der Waals surface area contributed by atoms with E-state index in [1.807, 2.05) is 4.90 Å². The van der Waals surface area contributed by atoms with Gasteiger partial charge < -0.3 is 9.64 Å². The standard InChI is InChI=1S/C19H19F3N2O4S/c1-14(25)15-5-7-16(8-6-15)23-9-11-24(12-10-23)29(26,27)18-4-2-3-17(13-18)28-19(20,21)22/h2-8,13H,9-12H2,1H3. The maximum Gasteiger partial charge on any atom is 0.573 e. The zero-order valence-electron chi connectivity index (χ0n) is 15.5. The third kappa shape index (κ3) is 5.07. The molecule has 0 atom stereocenters. The molecule has 2 aromatic carbocycles. The summed E-state index contributed by atoms with van der Waals surface area (Å²) in [6, 6.07) is 11.4. The molecule has 10 heteroatoms. The zero-order chi connectivity index (χ0) is 21.2. The molecule has 6 nitrogen and oxygen atoms in total. The maximum atomic E-state index is 12.8. The number of benzene rings is 2. The average molecular weight is 428 g/mol. The molecular formula is C19H19F3N2O4S. The molecule has 0 unspecified atom stereocenters. The van der Waals surface area contributed by atoms with E-state index in [2.05, 4.69) is 4.74 Å². The van der Waals surface area contributed by atoms with Gasteiger partial charge in [-0.25, -0.2) is 8.42 Å². The number of hydrogen-bond acceptors (Lipinski definition) is 5. The molecule has 29 heavy (non-hydrogen) atoms. The molecular weight excluding hydrogens is 409 g/mol. The molecule has 1 aliphatic heterocycles. The first kappa shape index (κ1) is 21.1. The molecule has 0 amide bonds. The minimum Gasteiger partial charge on any atom is -0.406 e. The van der Waals surface area contributed by atoms with Crippen molar-refractivity contribution in [2.75, 3.05) is 31.1 Å². The smallest absolute Gasteiger partial charge is 0.406 e. The van der Waals surface area contributed by atoms with Crippen LogP contribution in [0.4, 0.5) is 18.9 Å². The summed E-state index contributed by atoms with van der Waals surface area (Å²) in [6.07, 6.45) is -4.90. The van der Waals surface area contributed by atoms with Crippen LogP contribution < -0.4 is 9.64 Å². The van der Waals surface area contributed by atoms with Gasteiger partial charge in [-0.2, -0.15) is 4.31 Å². The Morgan fingerprint density at radius 3 is 2.17 bits per heavy atom. The van der Waals surface area contributed by atoms with Crippen LogP contribution >= 0.6 is 0 Å². The number of carbonyl (C=O) groups excluding carboxylic acids is 1. The summed E-state index contributed by atoms with van der Waals surface area (Å²) in [5.74, 6) is -0.619. The van der Waals surface area contributed by atoms with Crippen molar-refractivity contribution in [2.24, 2.45) is 0 Å². The van der Waals surface area contributed by atoms with Gasteiger partial charge in [0.15, 0.2) is 5.78 Å². The molecule has 0 spiro atoms. The fourth-order valence-corrected chi connectivity index (χ4v) is 4.53. The number of Topliss-reactive ketones (excluding diaryl/α,β-unsaturated/α-hetero) is 1. The summed E-state index contributed by atoms with van der Waals surface area (Å²) in [6.45, 7) is 2.67. The van der Waals surface area contributed by atoms with E-state index in [9.17, 15) is 26.4 Å². The number of hydrogen-bond donors (Lipinski definition) is 0. The van der Waals surface area contributed by atoms with Crippen LogP contribution in [-0.2, 0) is 10.0 Å². The molecule has 0 aromatic heterocycles. The quantitative estimate of drug-likeness (QED) is 0.684. The van der Waals surface area contributed by atoms with Crippen molar-refractivity contribution in [1.29, 1.82) is 0 Å². The molecule has 0 N–H and O–H groups in total. The lowest BCUT2D eigenvalue weighted by Crippen LogP contribution is -2.48. The second-order valence-electron chi connectivity index (χ2n) is 6.52. The second-order valence-corrected chi connectivity index (χ2v) is 8.45. The largest absolute Gasteiger partial charge is 0.573 e. The predicted molar refractivity (Wildman–Crippen MR) is 101 cm³/mol. The van der Waals surface area contributed by atoms with E-state index in [4.69, 9.17) is 0 Å². The third-order valence-electron chi connectivity index (χ3n) is 4.55. The van der Waals surface area contributed by atoms with Gasteiger partial charge in [0, 0.05) is 43.5 Å². The molecule has 0 saturated carbocycles. The molecule has 1 fully saturated rings. The number of ether oxygens (including phenoxy) is 1. The first-order chi connectivity index (χ1) is 13.6. The summed E-state index contributed by atoms with van der Waals surface area (Å²) in [5, 5.41) is 0. The van der Waals surface area contributed by atoms with Gasteiger partial charge in [0.2, 0.25) is 10.0 Å². The van der Waals surface area contributed by atoms with Gasteiger partial charge in [-0.15, -0.1) is 13.2 Å². The molecule has 0 aliphatic carbocycles. The van der Waals surface area contributed by atoms with E-state index in [-0.39, 0.29) is 23.8 Å². The minimum absolute atomic E-state index is 0.0378. The van der Waals surface area contributed by atoms with Crippen LogP contribution in [0.25, 0.3) is 0 Å². The number of rotatable bonds is 5. The molecule has 3 rings (SSSR count). The van der Waals surface area contributed by atoms with Crippen LogP contribution in [0, 0.1) is 0 Å². The van der Waals surface area contributed by atoms with E-state index >= 15 is 0 Å². The number of piperazine rings is 1. The van der Waals surface area contributed by atoms with Gasteiger partial charge in [-0.3, -0.25) is 4.79 Å². The second kappa shape index (κ2) is 8.03. The van der Waals surface area contributed by atoms with Gasteiger partial charge >= 0.3 is 6.36 Å². The van der Waals surface area contributed by atoms with E-state index in [1.165, 1.54) is 23.4 Å². The summed E-state index contributed by atoms with van der Waals surface area (Å²) in [4.78, 5) is 13.1. The Hall–Kier alpha value is -2.59. The number of nitrogens with zero attached hydrogens (tertiary/aromatic N) is 2. The Balaban J connectivity index is 1.69. The van der Waals surface area contributed by atoms with E-state index in [0.717, 1.165) is 17.8 Å². The summed E-state index contributed by atoms with van der Waals surface area (Å²) in [5.41, 5.74) is 1.46. The summed E-state index contributed by atoms with van der Waals surface area (Å²) in [7, 11) is -3.95. The first-order valence-electron chi connectivity index (χ1n) is 8.78. The van der Waals surface area contributed by atoms with Crippen molar-refractivity contribution >= 4 is 21.5 Å². The molecule has 1 saturated heterocycles. The van der Waals surface area contributed by atoms with Crippen LogP contribution in [0.2, 0.25) is 0 Å². The Labute approximate surface area is 166 Å². The van der Waals surface area contributed by atoms with Gasteiger partial charge in [-0.1, -0.05) is 6.07 Å². The summed E-state index contributed by atoms with van der Waals surface area (Å²) >= 11 is 0. The Morgan fingerprint density at radius 2 is 1.62 bits per heavy atom. The lowest BCUT2D eigenvalue weighted by molar-refractivity contribution is -0.274. The molecule has 0 radical (unpaired) electrons. The molecule has 156 valence electrons. The van der Waals surface area contributed by atoms with Crippen molar-refractivity contribution < 1.29 is 31.1 Å². The van der Waals surface area contributed by atoms with Crippen molar-refractivity contribution in [1.82, 2.24) is 4.31 Å². The highest BCUT2D eigenvalue weighted by molar-refractivity contribution is 7.89. The highest BCUT2D eigenvalue weighted by Gasteiger charge is 2.33. The monoisotopic (exact) mass is 428 g/mol. The average Bonchev–Trinajstić information content (AvgIpc) is 2.67. The number of anilines is 1. The number of carbonyl (C=O) groups is 1. The third-order valence-corrected chi connectivity index (χ3v) is 6.45. The topological polar surface area (TPSA) is 66.9 Å². The van der Waals surface area contributed by atoms with Crippen LogP contribution in [0.1, 0.15) is 17.3 Å². The number of alkyl halides is 3. The molecule has 0 bridgehead atoms. The highest BCUT2D eigenvalue weighted by Crippen LogP contribution is 2.27. The number of sulfonamides is 1. The maximum absolute atomic E-state index is 12.8. The molecule has 1 aliphatic rings. The van der Waals surface area contributed by atoms with E-state index in [0.29, 0.717) is 18.7 Å². The highest BCUT2D eigenvalue weighted by atomic mass is 32.2. The Bertz CT molecular complexity index is 983. The minimum atomic E-state index is -4.90. The Morgan fingerprint density at radius 1 is 1.00 bits per heavy atom.